The van der Waals surface area contributed by atoms with Crippen LogP contribution in [0.15, 0.2) is 21.6 Å². The van der Waals surface area contributed by atoms with Crippen molar-refractivity contribution in [2.24, 2.45) is 10.8 Å². The topological polar surface area (TPSA) is 71.7 Å². The molecule has 1 rings (SSSR count). The summed E-state index contributed by atoms with van der Waals surface area (Å²) in [6.45, 7) is 1.03. The van der Waals surface area contributed by atoms with Crippen molar-refractivity contribution in [2.45, 2.75) is 6.42 Å². The zero-order valence-electron chi connectivity index (χ0n) is 10.3. The van der Waals surface area contributed by atoms with Gasteiger partial charge >= 0.3 is 0 Å². The van der Waals surface area contributed by atoms with E-state index < -0.39 is 11.6 Å². The second kappa shape index (κ2) is 8.03. The fourth-order valence-electron chi connectivity index (χ4n) is 1.27. The Hall–Kier alpha value is -1.25. The summed E-state index contributed by atoms with van der Waals surface area (Å²) in [6, 6.07) is 2.04. The van der Waals surface area contributed by atoms with E-state index in [1.807, 2.05) is 0 Å². The van der Waals surface area contributed by atoms with Gasteiger partial charge in [0.15, 0.2) is 0 Å². The molecule has 19 heavy (non-hydrogen) atoms. The third-order valence-electron chi connectivity index (χ3n) is 2.18. The Labute approximate surface area is 118 Å². The van der Waals surface area contributed by atoms with E-state index in [9.17, 15) is 8.78 Å². The van der Waals surface area contributed by atoms with E-state index >= 15 is 0 Å². The normalized spacial score (nSPS) is 11.5. The summed E-state index contributed by atoms with van der Waals surface area (Å²) in [5, 5.41) is 2.64. The first-order valence-corrected chi connectivity index (χ1v) is 6.29. The highest BCUT2D eigenvalue weighted by Gasteiger charge is 2.09. The van der Waals surface area contributed by atoms with Crippen molar-refractivity contribution in [3.63, 3.8) is 0 Å². The molecule has 0 radical (unpaired) electrons. The van der Waals surface area contributed by atoms with E-state index in [1.54, 1.807) is 7.11 Å². The van der Waals surface area contributed by atoms with Gasteiger partial charge in [-0.2, -0.15) is 0 Å². The summed E-state index contributed by atoms with van der Waals surface area (Å²) in [5.41, 5.74) is 2.38. The summed E-state index contributed by atoms with van der Waals surface area (Å²) < 4.78 is 31.6. The van der Waals surface area contributed by atoms with E-state index in [1.165, 1.54) is 6.07 Å². The Bertz CT molecular complexity index is 457. The number of halogens is 3. The number of nitrogens with two attached hydrogens (primary N) is 1. The monoisotopic (exact) mass is 336 g/mol. The zero-order valence-corrected chi connectivity index (χ0v) is 11.9. The lowest BCUT2D eigenvalue weighted by atomic mass is 10.3. The first-order chi connectivity index (χ1) is 9.08. The van der Waals surface area contributed by atoms with Crippen LogP contribution in [0.1, 0.15) is 6.42 Å². The van der Waals surface area contributed by atoms with Crippen LogP contribution in [-0.4, -0.2) is 26.2 Å². The highest BCUT2D eigenvalue weighted by molar-refractivity contribution is 9.10. The molecule has 0 unspecified atom stereocenters. The summed E-state index contributed by atoms with van der Waals surface area (Å²) in [6.07, 6.45) is 0.707. The van der Waals surface area contributed by atoms with Crippen LogP contribution in [-0.2, 0) is 4.74 Å². The fraction of sp³-hybridized carbons (Fsp3) is 0.364. The van der Waals surface area contributed by atoms with Crippen LogP contribution in [0, 0.1) is 11.6 Å². The van der Waals surface area contributed by atoms with Crippen LogP contribution in [0.5, 0.6) is 0 Å². The third-order valence-corrected chi connectivity index (χ3v) is 2.78. The Morgan fingerprint density at radius 2 is 2.16 bits per heavy atom. The van der Waals surface area contributed by atoms with Gasteiger partial charge in [-0.1, -0.05) is 0 Å². The van der Waals surface area contributed by atoms with Crippen LogP contribution in [0.3, 0.4) is 0 Å². The molecule has 0 saturated heterocycles. The van der Waals surface area contributed by atoms with E-state index in [0.717, 1.165) is 6.07 Å². The molecule has 0 spiro atoms. The van der Waals surface area contributed by atoms with Gasteiger partial charge < -0.3 is 10.1 Å². The second-order valence-corrected chi connectivity index (χ2v) is 4.45. The lowest BCUT2D eigenvalue weighted by molar-refractivity contribution is 0.197. The Morgan fingerprint density at radius 1 is 1.42 bits per heavy atom. The number of benzene rings is 1. The maximum absolute atomic E-state index is 13.5. The van der Waals surface area contributed by atoms with E-state index in [2.05, 4.69) is 31.7 Å². The number of hydrogen-bond donors (Lipinski definition) is 3. The van der Waals surface area contributed by atoms with Gasteiger partial charge in [0, 0.05) is 26.3 Å². The molecule has 0 amide bonds. The molecular weight excluding hydrogens is 322 g/mol. The Morgan fingerprint density at radius 3 is 2.79 bits per heavy atom. The third kappa shape index (κ3) is 5.09. The number of nitrogens with zero attached hydrogens (tertiary/aromatic N) is 1. The molecule has 1 aromatic rings. The van der Waals surface area contributed by atoms with Crippen LogP contribution in [0.25, 0.3) is 0 Å². The molecule has 0 aromatic heterocycles. The molecule has 0 aliphatic rings. The van der Waals surface area contributed by atoms with Crippen LogP contribution >= 0.6 is 15.9 Å². The summed E-state index contributed by atoms with van der Waals surface area (Å²) >= 11 is 2.98. The molecule has 0 aliphatic carbocycles. The molecular formula is C11H15BrF2N4O. The van der Waals surface area contributed by atoms with Gasteiger partial charge in [-0.15, -0.1) is 0 Å². The molecule has 5 nitrogen and oxygen atoms in total. The quantitative estimate of drug-likeness (QED) is 0.192. The largest absolute Gasteiger partial charge is 0.385 e. The molecule has 0 bridgehead atoms. The number of aliphatic imine (C=N–C) groups is 1. The number of rotatable bonds is 5. The second-order valence-electron chi connectivity index (χ2n) is 3.59. The van der Waals surface area contributed by atoms with Crippen molar-refractivity contribution in [1.29, 1.82) is 0 Å². The first-order valence-electron chi connectivity index (χ1n) is 5.50. The van der Waals surface area contributed by atoms with E-state index in [-0.39, 0.29) is 16.1 Å². The van der Waals surface area contributed by atoms with Gasteiger partial charge in [0.25, 0.3) is 0 Å². The number of hydrazine groups is 1. The Balaban J connectivity index is 2.72. The molecule has 0 saturated carbocycles. The van der Waals surface area contributed by atoms with Crippen molar-refractivity contribution in [2.75, 3.05) is 25.6 Å². The fourth-order valence-corrected chi connectivity index (χ4v) is 1.61. The van der Waals surface area contributed by atoms with Crippen molar-refractivity contribution >= 4 is 27.6 Å². The average Bonchev–Trinajstić information content (AvgIpc) is 2.39. The number of nitrogens with one attached hydrogen (secondary N) is 2. The molecule has 0 heterocycles. The molecule has 1 aromatic carbocycles. The predicted molar refractivity (Wildman–Crippen MR) is 73.8 cm³/mol. The van der Waals surface area contributed by atoms with E-state index in [0.29, 0.717) is 19.6 Å². The van der Waals surface area contributed by atoms with Crippen molar-refractivity contribution in [3.05, 3.63) is 28.2 Å². The number of anilines is 1. The van der Waals surface area contributed by atoms with Gasteiger partial charge in [-0.05, 0) is 28.4 Å². The van der Waals surface area contributed by atoms with Crippen LogP contribution in [0.4, 0.5) is 14.5 Å². The molecule has 0 aliphatic heterocycles. The highest BCUT2D eigenvalue weighted by atomic mass is 79.9. The standard InChI is InChI=1S/C11H15BrF2N4O/c1-19-4-2-3-16-11(18-15)17-10-5-7(12)8(13)6-9(10)14/h5-6H,2-4,15H2,1H3,(H2,16,17,18). The molecule has 0 atom stereocenters. The zero-order chi connectivity index (χ0) is 14.3. The minimum atomic E-state index is -0.736. The van der Waals surface area contributed by atoms with Crippen molar-refractivity contribution < 1.29 is 13.5 Å². The lowest BCUT2D eigenvalue weighted by Crippen LogP contribution is -2.36. The smallest absolute Gasteiger partial charge is 0.210 e. The van der Waals surface area contributed by atoms with Gasteiger partial charge in [-0.25, -0.2) is 14.6 Å². The number of ether oxygens (including phenoxy) is 1. The van der Waals surface area contributed by atoms with Crippen LogP contribution < -0.4 is 16.6 Å². The maximum Gasteiger partial charge on any atom is 0.210 e. The summed E-state index contributed by atoms with van der Waals surface area (Å²) in [7, 11) is 1.59. The van der Waals surface area contributed by atoms with Gasteiger partial charge in [0.1, 0.15) is 11.6 Å². The molecule has 4 N–H and O–H groups in total. The van der Waals surface area contributed by atoms with Crippen LogP contribution in [0.2, 0.25) is 0 Å². The van der Waals surface area contributed by atoms with Gasteiger partial charge in [-0.3, -0.25) is 10.4 Å². The first kappa shape index (κ1) is 15.8. The summed E-state index contributed by atoms with van der Waals surface area (Å²) in [5.74, 6) is 4.05. The van der Waals surface area contributed by atoms with E-state index in [4.69, 9.17) is 10.6 Å². The SMILES string of the molecule is COCCCN=C(NN)Nc1cc(Br)c(F)cc1F. The molecule has 8 heteroatoms. The van der Waals surface area contributed by atoms with Crippen molar-refractivity contribution in [3.8, 4) is 0 Å². The number of guanidine groups is 1. The molecule has 0 fully saturated rings. The summed E-state index contributed by atoms with van der Waals surface area (Å²) in [4.78, 5) is 4.08. The van der Waals surface area contributed by atoms with Crippen molar-refractivity contribution in [1.82, 2.24) is 5.43 Å². The maximum atomic E-state index is 13.5. The number of hydrogen-bond acceptors (Lipinski definition) is 3. The highest BCUT2D eigenvalue weighted by Crippen LogP contribution is 2.23. The lowest BCUT2D eigenvalue weighted by Gasteiger charge is -2.10. The van der Waals surface area contributed by atoms with Gasteiger partial charge in [0.05, 0.1) is 10.2 Å². The van der Waals surface area contributed by atoms with Gasteiger partial charge in [0.2, 0.25) is 5.96 Å². The number of methoxy groups -OCH3 is 1. The molecule has 106 valence electrons. The predicted octanol–water partition coefficient (Wildman–Crippen LogP) is 2.00. The average molecular weight is 337 g/mol. The minimum absolute atomic E-state index is 0.0664. The minimum Gasteiger partial charge on any atom is -0.385 e. The Kier molecular flexibility index (Phi) is 6.68.